The Balaban J connectivity index is 2.10. The second-order valence-corrected chi connectivity index (χ2v) is 7.04. The summed E-state index contributed by atoms with van der Waals surface area (Å²) in [7, 11) is 0. The lowest BCUT2D eigenvalue weighted by Crippen LogP contribution is -2.46. The fourth-order valence-corrected chi connectivity index (χ4v) is 3.79. The maximum atomic E-state index is 12.8. The van der Waals surface area contributed by atoms with E-state index in [1.54, 1.807) is 30.3 Å². The van der Waals surface area contributed by atoms with E-state index in [0.29, 0.717) is 10.5 Å². The SMILES string of the molecule is O=C(O)[C@@H](Cc1ccccc1)N1C(=O)c2c(Cl)c(Cl)c(Cl)c(Cl)c2C1=O. The fraction of sp³-hybridized carbons (Fsp3) is 0.118. The second-order valence-electron chi connectivity index (χ2n) is 5.53. The Morgan fingerprint density at radius 1 is 0.885 bits per heavy atom. The normalized spacial score (nSPS) is 14.5. The van der Waals surface area contributed by atoms with Crippen LogP contribution in [0.1, 0.15) is 26.3 Å². The molecule has 0 saturated heterocycles. The van der Waals surface area contributed by atoms with Crippen LogP contribution in [0, 0.1) is 0 Å². The molecule has 9 heteroatoms. The number of rotatable bonds is 4. The molecule has 134 valence electrons. The van der Waals surface area contributed by atoms with Gasteiger partial charge in [0.25, 0.3) is 11.8 Å². The summed E-state index contributed by atoms with van der Waals surface area (Å²) in [5, 5.41) is 8.78. The number of amides is 2. The highest BCUT2D eigenvalue weighted by molar-refractivity contribution is 6.55. The van der Waals surface area contributed by atoms with Gasteiger partial charge in [-0.3, -0.25) is 14.5 Å². The number of hydrogen-bond donors (Lipinski definition) is 1. The zero-order chi connectivity index (χ0) is 19.2. The number of fused-ring (bicyclic) bond motifs is 1. The Kier molecular flexibility index (Phi) is 5.17. The lowest BCUT2D eigenvalue weighted by Gasteiger charge is -2.22. The Morgan fingerprint density at radius 2 is 1.35 bits per heavy atom. The molecule has 0 bridgehead atoms. The molecule has 2 aromatic rings. The van der Waals surface area contributed by atoms with Crippen molar-refractivity contribution in [3.05, 3.63) is 67.1 Å². The number of carbonyl (C=O) groups is 3. The fourth-order valence-electron chi connectivity index (χ4n) is 2.78. The van der Waals surface area contributed by atoms with Crippen LogP contribution in [0.5, 0.6) is 0 Å². The average Bonchev–Trinajstić information content (AvgIpc) is 2.87. The minimum Gasteiger partial charge on any atom is -0.480 e. The van der Waals surface area contributed by atoms with Crippen LogP contribution in [0.3, 0.4) is 0 Å². The summed E-state index contributed by atoms with van der Waals surface area (Å²) in [5.74, 6) is -3.09. The minimum atomic E-state index is -1.44. The summed E-state index contributed by atoms with van der Waals surface area (Å²) in [6.45, 7) is 0. The standard InChI is InChI=1S/C17H9Cl4NO4/c18-11-9-10(12(19)14(21)13(11)20)16(24)22(15(9)23)8(17(25)26)6-7-4-2-1-3-5-7/h1-5,8H,6H2,(H,25,26)/t8-/m1/s1. The van der Waals surface area contributed by atoms with Gasteiger partial charge in [-0.05, 0) is 5.56 Å². The predicted octanol–water partition coefficient (Wildman–Crippen LogP) is 4.59. The smallest absolute Gasteiger partial charge is 0.327 e. The molecule has 0 aliphatic carbocycles. The number of imide groups is 1. The number of halogens is 4. The van der Waals surface area contributed by atoms with Crippen molar-refractivity contribution >= 4 is 64.2 Å². The minimum absolute atomic E-state index is 0.0711. The summed E-state index contributed by atoms with van der Waals surface area (Å²) >= 11 is 24.0. The van der Waals surface area contributed by atoms with Crippen molar-refractivity contribution in [2.24, 2.45) is 0 Å². The maximum Gasteiger partial charge on any atom is 0.327 e. The van der Waals surface area contributed by atoms with Crippen LogP contribution in [0.15, 0.2) is 30.3 Å². The molecule has 2 aromatic carbocycles. The van der Waals surface area contributed by atoms with E-state index in [9.17, 15) is 19.5 Å². The molecule has 2 amide bonds. The van der Waals surface area contributed by atoms with Gasteiger partial charge >= 0.3 is 5.97 Å². The molecule has 1 aliphatic rings. The first-order valence-electron chi connectivity index (χ1n) is 7.26. The highest BCUT2D eigenvalue weighted by Gasteiger charge is 2.46. The highest BCUT2D eigenvalue weighted by atomic mass is 35.5. The largest absolute Gasteiger partial charge is 0.480 e. The second kappa shape index (κ2) is 7.08. The Morgan fingerprint density at radius 3 is 1.77 bits per heavy atom. The highest BCUT2D eigenvalue weighted by Crippen LogP contribution is 2.45. The first-order valence-corrected chi connectivity index (χ1v) is 8.77. The third-order valence-electron chi connectivity index (χ3n) is 4.00. The van der Waals surface area contributed by atoms with Crippen LogP contribution in [0.25, 0.3) is 0 Å². The molecule has 0 saturated carbocycles. The lowest BCUT2D eigenvalue weighted by atomic mass is 10.0. The van der Waals surface area contributed by atoms with Crippen molar-refractivity contribution in [1.29, 1.82) is 0 Å². The van der Waals surface area contributed by atoms with E-state index < -0.39 is 23.8 Å². The predicted molar refractivity (Wildman–Crippen MR) is 98.6 cm³/mol. The van der Waals surface area contributed by atoms with Crippen molar-refractivity contribution in [2.45, 2.75) is 12.5 Å². The van der Waals surface area contributed by atoms with E-state index in [0.717, 1.165) is 0 Å². The van der Waals surface area contributed by atoms with Crippen molar-refractivity contribution < 1.29 is 19.5 Å². The summed E-state index contributed by atoms with van der Waals surface area (Å²) < 4.78 is 0. The van der Waals surface area contributed by atoms with Gasteiger partial charge in [0.1, 0.15) is 6.04 Å². The van der Waals surface area contributed by atoms with Crippen LogP contribution >= 0.6 is 46.4 Å². The molecular weight excluding hydrogens is 424 g/mol. The van der Waals surface area contributed by atoms with Gasteiger partial charge in [0.05, 0.1) is 31.2 Å². The molecule has 3 rings (SSSR count). The van der Waals surface area contributed by atoms with Crippen LogP contribution < -0.4 is 0 Å². The topological polar surface area (TPSA) is 74.7 Å². The Labute approximate surface area is 168 Å². The quantitative estimate of drug-likeness (QED) is 0.435. The van der Waals surface area contributed by atoms with Gasteiger partial charge in [0.2, 0.25) is 0 Å². The van der Waals surface area contributed by atoms with E-state index in [1.165, 1.54) is 0 Å². The zero-order valence-electron chi connectivity index (χ0n) is 12.8. The summed E-state index contributed by atoms with van der Waals surface area (Å²) in [6, 6.07) is 7.18. The molecule has 26 heavy (non-hydrogen) atoms. The number of carboxylic acid groups (broad SMARTS) is 1. The number of carbonyl (C=O) groups excluding carboxylic acids is 2. The summed E-state index contributed by atoms with van der Waals surface area (Å²) in [5.41, 5.74) is 0.162. The molecule has 0 spiro atoms. The molecule has 0 aromatic heterocycles. The Bertz CT molecular complexity index is 899. The number of aliphatic carboxylic acids is 1. The van der Waals surface area contributed by atoms with Crippen molar-refractivity contribution in [2.75, 3.05) is 0 Å². The van der Waals surface area contributed by atoms with Crippen LogP contribution in [-0.2, 0) is 11.2 Å². The van der Waals surface area contributed by atoms with E-state index in [1.807, 2.05) is 0 Å². The Hall–Kier alpha value is -1.79. The molecule has 0 unspecified atom stereocenters. The molecule has 0 radical (unpaired) electrons. The first kappa shape index (κ1) is 19.0. The maximum absolute atomic E-state index is 12.8. The average molecular weight is 433 g/mol. The molecule has 5 nitrogen and oxygen atoms in total. The van der Waals surface area contributed by atoms with Crippen LogP contribution in [0.2, 0.25) is 20.1 Å². The molecular formula is C17H9Cl4NO4. The van der Waals surface area contributed by atoms with Gasteiger partial charge in [-0.1, -0.05) is 76.7 Å². The molecule has 1 heterocycles. The monoisotopic (exact) mass is 431 g/mol. The van der Waals surface area contributed by atoms with Crippen molar-refractivity contribution in [1.82, 2.24) is 4.90 Å². The van der Waals surface area contributed by atoms with Gasteiger partial charge in [-0.15, -0.1) is 0 Å². The molecule has 1 N–H and O–H groups in total. The molecule has 1 atom stereocenters. The molecule has 1 aliphatic heterocycles. The number of nitrogens with zero attached hydrogens (tertiary/aromatic N) is 1. The van der Waals surface area contributed by atoms with E-state index in [4.69, 9.17) is 46.4 Å². The van der Waals surface area contributed by atoms with Crippen LogP contribution in [0.4, 0.5) is 0 Å². The van der Waals surface area contributed by atoms with Gasteiger partial charge in [-0.25, -0.2) is 4.79 Å². The van der Waals surface area contributed by atoms with Gasteiger partial charge in [-0.2, -0.15) is 0 Å². The van der Waals surface area contributed by atoms with Gasteiger partial charge in [0.15, 0.2) is 0 Å². The van der Waals surface area contributed by atoms with Crippen molar-refractivity contribution in [3.8, 4) is 0 Å². The van der Waals surface area contributed by atoms with E-state index in [2.05, 4.69) is 0 Å². The van der Waals surface area contributed by atoms with E-state index >= 15 is 0 Å². The first-order chi connectivity index (χ1) is 12.3. The van der Waals surface area contributed by atoms with E-state index in [-0.39, 0.29) is 37.6 Å². The number of benzene rings is 2. The van der Waals surface area contributed by atoms with Crippen LogP contribution in [-0.4, -0.2) is 33.8 Å². The third-order valence-corrected chi connectivity index (χ3v) is 5.80. The zero-order valence-corrected chi connectivity index (χ0v) is 15.8. The third kappa shape index (κ3) is 2.95. The molecule has 0 fully saturated rings. The van der Waals surface area contributed by atoms with Crippen molar-refractivity contribution in [3.63, 3.8) is 0 Å². The number of carboxylic acids is 1. The van der Waals surface area contributed by atoms with Gasteiger partial charge < -0.3 is 5.11 Å². The summed E-state index contributed by atoms with van der Waals surface area (Å²) in [6.07, 6.45) is -0.0711. The summed E-state index contributed by atoms with van der Waals surface area (Å²) in [4.78, 5) is 38.0. The van der Waals surface area contributed by atoms with Gasteiger partial charge in [0, 0.05) is 6.42 Å². The number of hydrogen-bond acceptors (Lipinski definition) is 3. The lowest BCUT2D eigenvalue weighted by molar-refractivity contribution is -0.141.